The van der Waals surface area contributed by atoms with Crippen LogP contribution in [0.4, 0.5) is 0 Å². The Morgan fingerprint density at radius 1 is 1.35 bits per heavy atom. The fraction of sp³-hybridized carbons (Fsp3) is 0.474. The molecule has 0 bridgehead atoms. The predicted octanol–water partition coefficient (Wildman–Crippen LogP) is 3.93. The van der Waals surface area contributed by atoms with E-state index in [1.807, 2.05) is 18.5 Å². The Kier molecular flexibility index (Phi) is 4.24. The molecule has 0 aliphatic heterocycles. The standard InChI is InChI=1S/C19H24N2O2/c1-5-21-11-13(4)18(20-21)15-8-6-14(7-9-15)16-10-17(16)19(22)23-12(2)3/h6-9,11-12,16-17H,5,10H2,1-4H3. The zero-order valence-corrected chi connectivity index (χ0v) is 14.2. The van der Waals surface area contributed by atoms with Crippen LogP contribution in [-0.4, -0.2) is 21.9 Å². The maximum atomic E-state index is 11.9. The van der Waals surface area contributed by atoms with Gasteiger partial charge in [-0.25, -0.2) is 0 Å². The Bertz CT molecular complexity index is 701. The van der Waals surface area contributed by atoms with Crippen molar-refractivity contribution in [1.82, 2.24) is 9.78 Å². The number of benzene rings is 1. The second kappa shape index (κ2) is 6.19. The average molecular weight is 312 g/mol. The van der Waals surface area contributed by atoms with Crippen molar-refractivity contribution in [2.75, 3.05) is 0 Å². The van der Waals surface area contributed by atoms with Crippen molar-refractivity contribution in [3.63, 3.8) is 0 Å². The average Bonchev–Trinajstić information content (AvgIpc) is 3.23. The van der Waals surface area contributed by atoms with E-state index in [0.29, 0.717) is 5.92 Å². The third-order valence-electron chi connectivity index (χ3n) is 4.33. The molecule has 1 fully saturated rings. The maximum absolute atomic E-state index is 11.9. The minimum atomic E-state index is -0.0633. The molecule has 1 heterocycles. The van der Waals surface area contributed by atoms with E-state index >= 15 is 0 Å². The number of nitrogens with zero attached hydrogens (tertiary/aromatic N) is 2. The van der Waals surface area contributed by atoms with E-state index in [9.17, 15) is 4.79 Å². The van der Waals surface area contributed by atoms with Crippen molar-refractivity contribution in [3.8, 4) is 11.3 Å². The highest BCUT2D eigenvalue weighted by Crippen LogP contribution is 2.48. The second-order valence-electron chi connectivity index (χ2n) is 6.57. The Morgan fingerprint density at radius 2 is 2.04 bits per heavy atom. The zero-order valence-electron chi connectivity index (χ0n) is 14.2. The largest absolute Gasteiger partial charge is 0.463 e. The number of rotatable bonds is 5. The van der Waals surface area contributed by atoms with Gasteiger partial charge in [0.2, 0.25) is 0 Å². The number of hydrogen-bond acceptors (Lipinski definition) is 3. The summed E-state index contributed by atoms with van der Waals surface area (Å²) in [6, 6.07) is 8.45. The molecule has 0 radical (unpaired) electrons. The SMILES string of the molecule is CCn1cc(C)c(-c2ccc(C3CC3C(=O)OC(C)C)cc2)n1. The van der Waals surface area contributed by atoms with Crippen LogP contribution in [0, 0.1) is 12.8 Å². The van der Waals surface area contributed by atoms with Crippen LogP contribution in [0.15, 0.2) is 30.5 Å². The van der Waals surface area contributed by atoms with Gasteiger partial charge >= 0.3 is 5.97 Å². The quantitative estimate of drug-likeness (QED) is 0.786. The lowest BCUT2D eigenvalue weighted by atomic mass is 10.0. The molecule has 1 aromatic heterocycles. The van der Waals surface area contributed by atoms with Crippen molar-refractivity contribution in [2.45, 2.75) is 52.7 Å². The Hall–Kier alpha value is -2.10. The van der Waals surface area contributed by atoms with Gasteiger partial charge in [-0.3, -0.25) is 9.48 Å². The molecule has 1 saturated carbocycles. The molecular formula is C19H24N2O2. The topological polar surface area (TPSA) is 44.1 Å². The summed E-state index contributed by atoms with van der Waals surface area (Å²) in [6.07, 6.45) is 2.93. The number of carbonyl (C=O) groups excluding carboxylic acids is 1. The number of carbonyl (C=O) groups is 1. The van der Waals surface area contributed by atoms with Crippen molar-refractivity contribution in [1.29, 1.82) is 0 Å². The van der Waals surface area contributed by atoms with Gasteiger partial charge < -0.3 is 4.74 Å². The highest BCUT2D eigenvalue weighted by Gasteiger charge is 2.45. The molecule has 0 amide bonds. The lowest BCUT2D eigenvalue weighted by molar-refractivity contribution is -0.149. The van der Waals surface area contributed by atoms with Crippen LogP contribution in [0.2, 0.25) is 0 Å². The molecule has 1 aromatic carbocycles. The fourth-order valence-electron chi connectivity index (χ4n) is 3.00. The van der Waals surface area contributed by atoms with Gasteiger partial charge in [0, 0.05) is 18.3 Å². The number of hydrogen-bond donors (Lipinski definition) is 0. The first-order valence-electron chi connectivity index (χ1n) is 8.34. The Balaban J connectivity index is 1.71. The van der Waals surface area contributed by atoms with Crippen LogP contribution < -0.4 is 0 Å². The highest BCUT2D eigenvalue weighted by atomic mass is 16.5. The van der Waals surface area contributed by atoms with Gasteiger partial charge in [0.15, 0.2) is 0 Å². The van der Waals surface area contributed by atoms with E-state index < -0.39 is 0 Å². The molecule has 2 aromatic rings. The smallest absolute Gasteiger partial charge is 0.309 e. The molecule has 23 heavy (non-hydrogen) atoms. The summed E-state index contributed by atoms with van der Waals surface area (Å²) >= 11 is 0. The molecule has 1 aliphatic rings. The van der Waals surface area contributed by atoms with E-state index in [1.54, 1.807) is 0 Å². The molecule has 2 atom stereocenters. The lowest BCUT2D eigenvalue weighted by Crippen LogP contribution is -2.13. The molecule has 122 valence electrons. The predicted molar refractivity (Wildman–Crippen MR) is 90.2 cm³/mol. The van der Waals surface area contributed by atoms with Gasteiger partial charge in [0.25, 0.3) is 0 Å². The Morgan fingerprint density at radius 3 is 2.61 bits per heavy atom. The van der Waals surface area contributed by atoms with Crippen LogP contribution in [0.3, 0.4) is 0 Å². The van der Waals surface area contributed by atoms with E-state index in [2.05, 4.69) is 49.4 Å². The molecule has 1 aliphatic carbocycles. The number of aromatic nitrogens is 2. The molecular weight excluding hydrogens is 288 g/mol. The van der Waals surface area contributed by atoms with E-state index in [4.69, 9.17) is 4.74 Å². The normalized spacial score (nSPS) is 19.9. The molecule has 0 saturated heterocycles. The first kappa shape index (κ1) is 15.8. The van der Waals surface area contributed by atoms with Gasteiger partial charge in [-0.2, -0.15) is 5.10 Å². The number of esters is 1. The maximum Gasteiger partial charge on any atom is 0.309 e. The monoisotopic (exact) mass is 312 g/mol. The second-order valence-corrected chi connectivity index (χ2v) is 6.57. The summed E-state index contributed by atoms with van der Waals surface area (Å²) in [5.41, 5.74) is 4.56. The molecule has 3 rings (SSSR count). The summed E-state index contributed by atoms with van der Waals surface area (Å²) in [5.74, 6) is 0.278. The zero-order chi connectivity index (χ0) is 16.6. The van der Waals surface area contributed by atoms with Crippen LogP contribution in [0.1, 0.15) is 44.2 Å². The van der Waals surface area contributed by atoms with E-state index in [1.165, 1.54) is 11.1 Å². The molecule has 2 unspecified atom stereocenters. The molecule has 4 nitrogen and oxygen atoms in total. The van der Waals surface area contributed by atoms with Gasteiger partial charge in [-0.1, -0.05) is 24.3 Å². The molecule has 0 N–H and O–H groups in total. The summed E-state index contributed by atoms with van der Waals surface area (Å²) < 4.78 is 7.25. The summed E-state index contributed by atoms with van der Waals surface area (Å²) in [4.78, 5) is 11.9. The van der Waals surface area contributed by atoms with Crippen molar-refractivity contribution in [3.05, 3.63) is 41.6 Å². The summed E-state index contributed by atoms with van der Waals surface area (Å²) in [7, 11) is 0. The van der Waals surface area contributed by atoms with Crippen molar-refractivity contribution < 1.29 is 9.53 Å². The van der Waals surface area contributed by atoms with Crippen molar-refractivity contribution in [2.24, 2.45) is 5.92 Å². The van der Waals surface area contributed by atoms with Crippen LogP contribution in [0.25, 0.3) is 11.3 Å². The highest BCUT2D eigenvalue weighted by molar-refractivity contribution is 5.77. The van der Waals surface area contributed by atoms with Gasteiger partial charge in [-0.15, -0.1) is 0 Å². The molecule has 0 spiro atoms. The van der Waals surface area contributed by atoms with Crippen LogP contribution >= 0.6 is 0 Å². The van der Waals surface area contributed by atoms with E-state index in [0.717, 1.165) is 24.2 Å². The van der Waals surface area contributed by atoms with Gasteiger partial charge in [0.05, 0.1) is 17.7 Å². The summed E-state index contributed by atoms with van der Waals surface area (Å²) in [6.45, 7) is 8.83. The first-order valence-corrected chi connectivity index (χ1v) is 8.34. The summed E-state index contributed by atoms with van der Waals surface area (Å²) in [5, 5.41) is 4.61. The van der Waals surface area contributed by atoms with Crippen LogP contribution in [-0.2, 0) is 16.1 Å². The number of ether oxygens (including phenoxy) is 1. The van der Waals surface area contributed by atoms with E-state index in [-0.39, 0.29) is 18.0 Å². The third-order valence-corrected chi connectivity index (χ3v) is 4.33. The fourth-order valence-corrected chi connectivity index (χ4v) is 3.00. The van der Waals surface area contributed by atoms with Gasteiger partial charge in [-0.05, 0) is 51.2 Å². The van der Waals surface area contributed by atoms with Crippen molar-refractivity contribution >= 4 is 5.97 Å². The lowest BCUT2D eigenvalue weighted by Gasteiger charge is -2.07. The minimum absolute atomic E-state index is 0.0317. The first-order chi connectivity index (χ1) is 11.0. The number of aryl methyl sites for hydroxylation is 2. The minimum Gasteiger partial charge on any atom is -0.463 e. The van der Waals surface area contributed by atoms with Gasteiger partial charge in [0.1, 0.15) is 0 Å². The Labute approximate surface area is 137 Å². The van der Waals surface area contributed by atoms with Crippen LogP contribution in [0.5, 0.6) is 0 Å². The molecule has 4 heteroatoms. The third kappa shape index (κ3) is 3.31.